The Kier molecular flexibility index (Phi) is 6.17. The van der Waals surface area contributed by atoms with Crippen molar-refractivity contribution >= 4 is 32.7 Å². The van der Waals surface area contributed by atoms with Crippen molar-refractivity contribution in [2.75, 3.05) is 26.4 Å². The maximum atomic E-state index is 13.8. The van der Waals surface area contributed by atoms with E-state index in [2.05, 4.69) is 18.7 Å². The first-order valence-electron chi connectivity index (χ1n) is 9.14. The van der Waals surface area contributed by atoms with E-state index in [4.69, 9.17) is 0 Å². The van der Waals surface area contributed by atoms with Crippen LogP contribution in [0.3, 0.4) is 0 Å². The third-order valence-corrected chi connectivity index (χ3v) is 7.31. The fourth-order valence-corrected chi connectivity index (χ4v) is 5.55. The van der Waals surface area contributed by atoms with Crippen LogP contribution in [0.1, 0.15) is 25.3 Å². The van der Waals surface area contributed by atoms with Crippen LogP contribution in [0.25, 0.3) is 10.9 Å². The zero-order valence-electron chi connectivity index (χ0n) is 16.5. The summed E-state index contributed by atoms with van der Waals surface area (Å²) in [4.78, 5) is 3.04. The lowest BCUT2D eigenvalue weighted by Gasteiger charge is -2.10. The summed E-state index contributed by atoms with van der Waals surface area (Å²) in [5.41, 5.74) is 1.57. The van der Waals surface area contributed by atoms with Gasteiger partial charge >= 0.3 is 0 Å². The summed E-state index contributed by atoms with van der Waals surface area (Å²) < 4.78 is 41.6. The van der Waals surface area contributed by atoms with Gasteiger partial charge < -0.3 is 4.90 Å². The smallest absolute Gasteiger partial charge is 0.268 e. The molecule has 0 unspecified atom stereocenters. The van der Waals surface area contributed by atoms with Crippen LogP contribution in [-0.4, -0.2) is 43.7 Å². The predicted octanol–water partition coefficient (Wildman–Crippen LogP) is 4.79. The minimum atomic E-state index is -3.77. The van der Waals surface area contributed by atoms with Crippen molar-refractivity contribution in [2.45, 2.75) is 29.6 Å². The molecule has 3 rings (SSSR count). The van der Waals surface area contributed by atoms with Gasteiger partial charge in [-0.1, -0.05) is 26.0 Å². The van der Waals surface area contributed by atoms with Gasteiger partial charge in [-0.25, -0.2) is 16.8 Å². The minimum absolute atomic E-state index is 0.225. The lowest BCUT2D eigenvalue weighted by Crippen LogP contribution is -2.14. The van der Waals surface area contributed by atoms with Crippen LogP contribution in [0.15, 0.2) is 58.5 Å². The highest BCUT2D eigenvalue weighted by atomic mass is 32.2. The lowest BCUT2D eigenvalue weighted by atomic mass is 10.0. The first-order valence-corrected chi connectivity index (χ1v) is 11.6. The monoisotopic (exact) mass is 420 g/mol. The number of fused-ring (bicyclic) bond motifs is 1. The molecule has 2 aromatic carbocycles. The van der Waals surface area contributed by atoms with Crippen LogP contribution >= 0.6 is 11.8 Å². The molecule has 150 valence electrons. The molecule has 0 saturated carbocycles. The molecule has 0 saturated heterocycles. The van der Waals surface area contributed by atoms with Crippen LogP contribution in [-0.2, 0) is 10.0 Å². The second-order valence-corrected chi connectivity index (χ2v) is 10.3. The minimum Gasteiger partial charge on any atom is -0.309 e. The van der Waals surface area contributed by atoms with Crippen molar-refractivity contribution in [3.63, 3.8) is 0 Å². The quantitative estimate of drug-likeness (QED) is 0.515. The summed E-state index contributed by atoms with van der Waals surface area (Å²) >= 11 is 1.53. The molecule has 1 aromatic heterocycles. The Balaban J connectivity index is 2.06. The highest BCUT2D eigenvalue weighted by Crippen LogP contribution is 2.33. The predicted molar refractivity (Wildman–Crippen MR) is 114 cm³/mol. The largest absolute Gasteiger partial charge is 0.309 e. The number of nitrogens with zero attached hydrogens (tertiary/aromatic N) is 2. The highest BCUT2D eigenvalue weighted by Gasteiger charge is 2.22. The first kappa shape index (κ1) is 20.9. The highest BCUT2D eigenvalue weighted by molar-refractivity contribution is 7.99. The molecule has 0 aliphatic rings. The van der Waals surface area contributed by atoms with E-state index in [0.717, 1.165) is 22.8 Å². The van der Waals surface area contributed by atoms with E-state index in [9.17, 15) is 12.8 Å². The molecule has 0 N–H and O–H groups in total. The molecule has 3 aromatic rings. The van der Waals surface area contributed by atoms with Gasteiger partial charge in [-0.3, -0.25) is 0 Å². The van der Waals surface area contributed by atoms with Gasteiger partial charge in [0.05, 0.1) is 10.4 Å². The second-order valence-electron chi connectivity index (χ2n) is 7.33. The molecule has 28 heavy (non-hydrogen) atoms. The number of halogens is 1. The van der Waals surface area contributed by atoms with Crippen molar-refractivity contribution in [3.05, 3.63) is 60.0 Å². The molecule has 0 spiro atoms. The van der Waals surface area contributed by atoms with Crippen LogP contribution in [0.2, 0.25) is 0 Å². The van der Waals surface area contributed by atoms with Crippen molar-refractivity contribution in [2.24, 2.45) is 0 Å². The molecule has 0 atom stereocenters. The Morgan fingerprint density at radius 3 is 2.39 bits per heavy atom. The van der Waals surface area contributed by atoms with Crippen LogP contribution in [0.4, 0.5) is 4.39 Å². The van der Waals surface area contributed by atoms with Gasteiger partial charge in [0, 0.05) is 28.8 Å². The maximum Gasteiger partial charge on any atom is 0.268 e. The van der Waals surface area contributed by atoms with Crippen LogP contribution in [0.5, 0.6) is 0 Å². The third-order valence-electron chi connectivity index (χ3n) is 4.60. The fourth-order valence-electron chi connectivity index (χ4n) is 2.93. The summed E-state index contributed by atoms with van der Waals surface area (Å²) in [5.74, 6) is 0.733. The van der Waals surface area contributed by atoms with Crippen molar-refractivity contribution in [3.8, 4) is 0 Å². The molecule has 0 radical (unpaired) electrons. The second kappa shape index (κ2) is 8.27. The van der Waals surface area contributed by atoms with Gasteiger partial charge in [-0.2, -0.15) is 0 Å². The topological polar surface area (TPSA) is 42.3 Å². The summed E-state index contributed by atoms with van der Waals surface area (Å²) in [5, 5.41) is 0.617. The van der Waals surface area contributed by atoms with Crippen molar-refractivity contribution < 1.29 is 12.8 Å². The lowest BCUT2D eigenvalue weighted by molar-refractivity contribution is 0.437. The normalized spacial score (nSPS) is 12.4. The van der Waals surface area contributed by atoms with Gasteiger partial charge in [-0.15, -0.1) is 11.8 Å². The zero-order valence-corrected chi connectivity index (χ0v) is 18.1. The average molecular weight is 421 g/mol. The van der Waals surface area contributed by atoms with Crippen LogP contribution in [0, 0.1) is 5.82 Å². The summed E-state index contributed by atoms with van der Waals surface area (Å²) in [6, 6.07) is 11.2. The molecule has 4 nitrogen and oxygen atoms in total. The molecule has 0 aliphatic carbocycles. The van der Waals surface area contributed by atoms with Crippen molar-refractivity contribution in [1.29, 1.82) is 0 Å². The SMILES string of the molecule is CC(C)c1ccc(S(=O)(=O)n2cc(SCCN(C)C)c3cc(F)ccc32)cc1. The van der Waals surface area contributed by atoms with Crippen LogP contribution < -0.4 is 0 Å². The summed E-state index contributed by atoms with van der Waals surface area (Å²) in [7, 11) is 0.191. The summed E-state index contributed by atoms with van der Waals surface area (Å²) in [6.45, 7) is 4.97. The Hall–Kier alpha value is -1.83. The molecule has 0 bridgehead atoms. The van der Waals surface area contributed by atoms with Crippen molar-refractivity contribution in [1.82, 2.24) is 8.87 Å². The molecular formula is C21H25FN2O2S2. The van der Waals surface area contributed by atoms with Gasteiger partial charge in [0.1, 0.15) is 5.82 Å². The number of hydrogen-bond donors (Lipinski definition) is 0. The maximum absolute atomic E-state index is 13.8. The zero-order chi connectivity index (χ0) is 20.5. The Morgan fingerprint density at radius 2 is 1.79 bits per heavy atom. The molecular weight excluding hydrogens is 395 g/mol. The standard InChI is InChI=1S/C21H25FN2O2S2/c1-15(2)16-5-8-18(9-6-16)28(25,26)24-14-21(27-12-11-23(3)4)19-13-17(22)7-10-20(19)24/h5-10,13-15H,11-12H2,1-4H3. The first-order chi connectivity index (χ1) is 13.2. The average Bonchev–Trinajstić information content (AvgIpc) is 3.00. The Bertz CT molecular complexity index is 1070. The van der Waals surface area contributed by atoms with E-state index < -0.39 is 10.0 Å². The van der Waals surface area contributed by atoms with E-state index >= 15 is 0 Å². The van der Waals surface area contributed by atoms with E-state index in [1.165, 1.54) is 33.9 Å². The number of aromatic nitrogens is 1. The molecule has 7 heteroatoms. The van der Waals surface area contributed by atoms with Gasteiger partial charge in [0.15, 0.2) is 0 Å². The van der Waals surface area contributed by atoms with Gasteiger partial charge in [-0.05, 0) is 55.9 Å². The van der Waals surface area contributed by atoms with E-state index in [1.807, 2.05) is 26.2 Å². The number of thioether (sulfide) groups is 1. The number of rotatable bonds is 7. The molecule has 1 heterocycles. The molecule has 0 aliphatic heterocycles. The van der Waals surface area contributed by atoms with E-state index in [1.54, 1.807) is 18.3 Å². The fraction of sp³-hybridized carbons (Fsp3) is 0.333. The van der Waals surface area contributed by atoms with Gasteiger partial charge in [0.2, 0.25) is 0 Å². The van der Waals surface area contributed by atoms with E-state index in [-0.39, 0.29) is 10.7 Å². The van der Waals surface area contributed by atoms with E-state index in [0.29, 0.717) is 16.8 Å². The molecule has 0 fully saturated rings. The number of benzene rings is 2. The Labute approximate surface area is 170 Å². The summed E-state index contributed by atoms with van der Waals surface area (Å²) in [6.07, 6.45) is 1.61. The van der Waals surface area contributed by atoms with Gasteiger partial charge in [0.25, 0.3) is 10.0 Å². The number of hydrogen-bond acceptors (Lipinski definition) is 4. The Morgan fingerprint density at radius 1 is 1.11 bits per heavy atom. The molecule has 0 amide bonds. The third kappa shape index (κ3) is 4.26.